The number of halogens is 2. The maximum absolute atomic E-state index is 14.0. The fraction of sp³-hybridized carbons (Fsp3) is 0.278. The number of quaternary nitrogens is 1. The van der Waals surface area contributed by atoms with Crippen molar-refractivity contribution in [2.24, 2.45) is 0 Å². The molecule has 2 N–H and O–H groups in total. The summed E-state index contributed by atoms with van der Waals surface area (Å²) in [5.41, 5.74) is 0.510. The van der Waals surface area contributed by atoms with Crippen molar-refractivity contribution in [2.45, 2.75) is 19.5 Å². The van der Waals surface area contributed by atoms with Gasteiger partial charge in [-0.25, -0.2) is 4.39 Å². The van der Waals surface area contributed by atoms with Gasteiger partial charge in [0.15, 0.2) is 6.04 Å². The number of benzene rings is 2. The first-order valence-electron chi connectivity index (χ1n) is 8.13. The molecular weight excluding hydrogens is 377 g/mol. The van der Waals surface area contributed by atoms with Gasteiger partial charge in [0.1, 0.15) is 18.1 Å². The van der Waals surface area contributed by atoms with E-state index in [4.69, 9.17) is 16.3 Å². The number of non-ortho nitro benzene ring substituents is 1. The summed E-state index contributed by atoms with van der Waals surface area (Å²) >= 11 is 6.04. The Balaban J connectivity index is 2.12. The fourth-order valence-electron chi connectivity index (χ4n) is 2.49. The molecule has 2 atom stereocenters. The zero-order valence-electron chi connectivity index (χ0n) is 15.1. The average Bonchev–Trinajstić information content (AvgIpc) is 2.64. The smallest absolute Gasteiger partial charge is 0.282 e. The second-order valence-electron chi connectivity index (χ2n) is 6.08. The molecule has 0 aliphatic carbocycles. The quantitative estimate of drug-likeness (QED) is 0.556. The maximum Gasteiger partial charge on any atom is 0.282 e. The second kappa shape index (κ2) is 8.79. The second-order valence-corrected chi connectivity index (χ2v) is 6.48. The zero-order valence-corrected chi connectivity index (χ0v) is 15.8. The molecule has 7 nitrogen and oxygen atoms in total. The van der Waals surface area contributed by atoms with E-state index >= 15 is 0 Å². The number of likely N-dealkylation sites (N-methyl/N-ethyl adjacent to an activating group) is 1. The van der Waals surface area contributed by atoms with Crippen LogP contribution in [0.5, 0.6) is 5.75 Å². The molecule has 9 heteroatoms. The zero-order chi connectivity index (χ0) is 20.1. The molecule has 27 heavy (non-hydrogen) atoms. The molecule has 0 aromatic heterocycles. The summed E-state index contributed by atoms with van der Waals surface area (Å²) in [6.07, 6.45) is 0. The van der Waals surface area contributed by atoms with Crippen LogP contribution in [0.15, 0.2) is 36.4 Å². The van der Waals surface area contributed by atoms with E-state index in [1.54, 1.807) is 20.0 Å². The van der Waals surface area contributed by atoms with Gasteiger partial charge in [0.05, 0.1) is 41.4 Å². The minimum Gasteiger partial charge on any atom is -0.494 e. The first-order valence-corrected chi connectivity index (χ1v) is 8.51. The number of hydrogen-bond acceptors (Lipinski definition) is 4. The number of nitro benzene ring substituents is 1. The van der Waals surface area contributed by atoms with Crippen LogP contribution >= 0.6 is 11.6 Å². The van der Waals surface area contributed by atoms with Crippen molar-refractivity contribution >= 4 is 28.9 Å². The van der Waals surface area contributed by atoms with Gasteiger partial charge >= 0.3 is 0 Å². The number of amides is 1. The van der Waals surface area contributed by atoms with Crippen molar-refractivity contribution < 1.29 is 23.7 Å². The lowest BCUT2D eigenvalue weighted by molar-refractivity contribution is -0.908. The summed E-state index contributed by atoms with van der Waals surface area (Å²) < 4.78 is 19.1. The van der Waals surface area contributed by atoms with Gasteiger partial charge in [-0.05, 0) is 25.1 Å². The van der Waals surface area contributed by atoms with E-state index in [1.165, 1.54) is 37.4 Å². The summed E-state index contributed by atoms with van der Waals surface area (Å²) in [4.78, 5) is 23.6. The molecule has 0 bridgehead atoms. The number of ether oxygens (including phenoxy) is 1. The van der Waals surface area contributed by atoms with Gasteiger partial charge in [0, 0.05) is 6.07 Å². The molecule has 1 amide bonds. The van der Waals surface area contributed by atoms with E-state index in [-0.39, 0.29) is 23.9 Å². The van der Waals surface area contributed by atoms with Crippen LogP contribution in [0, 0.1) is 15.9 Å². The maximum atomic E-state index is 14.0. The van der Waals surface area contributed by atoms with Crippen LogP contribution in [0.1, 0.15) is 12.5 Å². The Kier molecular flexibility index (Phi) is 6.70. The minimum absolute atomic E-state index is 0.144. The van der Waals surface area contributed by atoms with Gasteiger partial charge in [-0.1, -0.05) is 17.7 Å². The third-order valence-electron chi connectivity index (χ3n) is 4.30. The van der Waals surface area contributed by atoms with Gasteiger partial charge in [-0.3, -0.25) is 14.9 Å². The number of anilines is 1. The highest BCUT2D eigenvalue weighted by molar-refractivity contribution is 6.31. The van der Waals surface area contributed by atoms with Crippen molar-refractivity contribution in [3.63, 3.8) is 0 Å². The molecule has 0 saturated heterocycles. The van der Waals surface area contributed by atoms with Crippen LogP contribution in [0.3, 0.4) is 0 Å². The lowest BCUT2D eigenvalue weighted by Gasteiger charge is -2.22. The Hall–Kier alpha value is -2.71. The van der Waals surface area contributed by atoms with Crippen LogP contribution in [0.2, 0.25) is 5.02 Å². The van der Waals surface area contributed by atoms with Crippen molar-refractivity contribution in [3.8, 4) is 5.75 Å². The molecule has 2 aromatic carbocycles. The predicted octanol–water partition coefficient (Wildman–Crippen LogP) is 2.44. The monoisotopic (exact) mass is 396 g/mol. The summed E-state index contributed by atoms with van der Waals surface area (Å²) in [5.74, 6) is -0.585. The number of rotatable bonds is 7. The average molecular weight is 397 g/mol. The van der Waals surface area contributed by atoms with E-state index in [2.05, 4.69) is 5.32 Å². The van der Waals surface area contributed by atoms with Crippen LogP contribution in [0.4, 0.5) is 15.8 Å². The topological polar surface area (TPSA) is 85.9 Å². The van der Waals surface area contributed by atoms with Gasteiger partial charge in [-0.2, -0.15) is 0 Å². The normalized spacial score (nSPS) is 12.9. The van der Waals surface area contributed by atoms with Crippen molar-refractivity contribution in [3.05, 3.63) is 62.9 Å². The minimum atomic E-state index is -0.549. The highest BCUT2D eigenvalue weighted by Crippen LogP contribution is 2.29. The highest BCUT2D eigenvalue weighted by atomic mass is 35.5. The highest BCUT2D eigenvalue weighted by Gasteiger charge is 2.25. The van der Waals surface area contributed by atoms with E-state index in [0.717, 1.165) is 4.90 Å². The number of nitrogens with zero attached hydrogens (tertiary/aromatic N) is 1. The molecular formula is C18H20ClFN3O4+. The van der Waals surface area contributed by atoms with E-state index in [1.807, 2.05) is 0 Å². The fourth-order valence-corrected chi connectivity index (χ4v) is 2.72. The summed E-state index contributed by atoms with van der Waals surface area (Å²) in [5, 5.41) is 13.8. The Bertz CT molecular complexity index is 842. The number of hydrogen-bond donors (Lipinski definition) is 2. The number of carbonyl (C=O) groups is 1. The largest absolute Gasteiger partial charge is 0.494 e. The standard InChI is InChI=1S/C18H19ClFN3O4/c1-11(22(2)10-13-14(19)5-4-6-15(13)20)18(24)21-16-8-7-12(23(25)26)9-17(16)27-3/h4-9,11H,10H2,1-3H3,(H,21,24)/p+1/t11-/m0/s1. The van der Waals surface area contributed by atoms with Crippen LogP contribution in [-0.4, -0.2) is 31.0 Å². The van der Waals surface area contributed by atoms with Crippen LogP contribution in [-0.2, 0) is 11.3 Å². The Morgan fingerprint density at radius 2 is 2.11 bits per heavy atom. The summed E-state index contributed by atoms with van der Waals surface area (Å²) in [6.45, 7) is 1.91. The third kappa shape index (κ3) is 4.93. The van der Waals surface area contributed by atoms with Gasteiger partial charge in [0.2, 0.25) is 0 Å². The molecule has 1 unspecified atom stereocenters. The Morgan fingerprint density at radius 1 is 1.41 bits per heavy atom. The molecule has 0 saturated carbocycles. The van der Waals surface area contributed by atoms with E-state index < -0.39 is 16.8 Å². The number of methoxy groups -OCH3 is 1. The third-order valence-corrected chi connectivity index (χ3v) is 4.66. The van der Waals surface area contributed by atoms with Crippen LogP contribution < -0.4 is 15.0 Å². The Morgan fingerprint density at radius 3 is 2.70 bits per heavy atom. The molecule has 0 aliphatic rings. The number of nitrogens with one attached hydrogen (secondary N) is 2. The first kappa shape index (κ1) is 20.6. The molecule has 144 valence electrons. The van der Waals surface area contributed by atoms with Gasteiger partial charge in [0.25, 0.3) is 11.6 Å². The molecule has 2 aromatic rings. The summed E-state index contributed by atoms with van der Waals surface area (Å²) in [7, 11) is 3.11. The van der Waals surface area contributed by atoms with Gasteiger partial charge in [-0.15, -0.1) is 0 Å². The molecule has 2 rings (SSSR count). The SMILES string of the molecule is COc1cc([N+](=O)[O-])ccc1NC(=O)[C@H](C)[NH+](C)Cc1c(F)cccc1Cl. The van der Waals surface area contributed by atoms with E-state index in [0.29, 0.717) is 16.3 Å². The molecule has 0 aliphatic heterocycles. The van der Waals surface area contributed by atoms with Crippen LogP contribution in [0.25, 0.3) is 0 Å². The number of carbonyl (C=O) groups excluding carboxylic acids is 1. The van der Waals surface area contributed by atoms with E-state index in [9.17, 15) is 19.3 Å². The summed E-state index contributed by atoms with van der Waals surface area (Å²) in [6, 6.07) is 7.81. The van der Waals surface area contributed by atoms with Crippen molar-refractivity contribution in [1.82, 2.24) is 0 Å². The lowest BCUT2D eigenvalue weighted by atomic mass is 10.1. The first-order chi connectivity index (χ1) is 12.7. The van der Waals surface area contributed by atoms with Gasteiger partial charge < -0.3 is 15.0 Å². The molecule has 0 fully saturated rings. The molecule has 0 radical (unpaired) electrons. The predicted molar refractivity (Wildman–Crippen MR) is 99.7 cm³/mol. The van der Waals surface area contributed by atoms with Crippen molar-refractivity contribution in [1.29, 1.82) is 0 Å². The molecule has 0 spiro atoms. The Labute approximate surface area is 160 Å². The lowest BCUT2D eigenvalue weighted by Crippen LogP contribution is -3.12. The molecule has 0 heterocycles. The number of nitro groups is 1. The van der Waals surface area contributed by atoms with Crippen molar-refractivity contribution in [2.75, 3.05) is 19.5 Å².